The van der Waals surface area contributed by atoms with Crippen LogP contribution >= 0.6 is 0 Å². The lowest BCUT2D eigenvalue weighted by Crippen LogP contribution is -1.99. The Kier molecular flexibility index (Phi) is 4.95. The molecule has 7 aromatic carbocycles. The molecule has 0 bridgehead atoms. The van der Waals surface area contributed by atoms with E-state index in [-0.39, 0.29) is 0 Å². The van der Waals surface area contributed by atoms with Gasteiger partial charge in [-0.1, -0.05) is 84.9 Å². The summed E-state index contributed by atoms with van der Waals surface area (Å²) in [6.45, 7) is 0. The minimum absolute atomic E-state index is 1.17. The summed E-state index contributed by atoms with van der Waals surface area (Å²) in [6, 6.07) is 53.8. The Bertz CT molecular complexity index is 2930. The third kappa shape index (κ3) is 3.19. The number of aryl methyl sites for hydroxylation is 2. The highest BCUT2D eigenvalue weighted by Crippen LogP contribution is 2.43. The quantitative estimate of drug-likeness (QED) is 0.185. The number of fused-ring (bicyclic) bond motifs is 13. The Labute approximate surface area is 275 Å². The predicted molar refractivity (Wildman–Crippen MR) is 203 cm³/mol. The van der Waals surface area contributed by atoms with E-state index in [2.05, 4.69) is 178 Å². The highest BCUT2D eigenvalue weighted by molar-refractivity contribution is 6.24. The summed E-state index contributed by atoms with van der Waals surface area (Å²) in [4.78, 5) is 0. The second kappa shape index (κ2) is 9.18. The molecular formula is C44H30N4. The third-order valence-electron chi connectivity index (χ3n) is 10.8. The number of hydrogen-bond donors (Lipinski definition) is 0. The normalized spacial score (nSPS) is 12.4. The van der Waals surface area contributed by atoms with Gasteiger partial charge in [-0.2, -0.15) is 0 Å². The van der Waals surface area contributed by atoms with E-state index in [9.17, 15) is 0 Å². The molecule has 0 unspecified atom stereocenters. The van der Waals surface area contributed by atoms with Crippen molar-refractivity contribution in [3.05, 3.63) is 146 Å². The number of benzene rings is 7. The summed E-state index contributed by atoms with van der Waals surface area (Å²) < 4.78 is 9.61. The van der Waals surface area contributed by atoms with Crippen LogP contribution < -0.4 is 0 Å². The fourth-order valence-corrected chi connectivity index (χ4v) is 8.63. The molecule has 0 N–H and O–H groups in total. The molecule has 0 aliphatic rings. The minimum atomic E-state index is 1.17. The van der Waals surface area contributed by atoms with Crippen molar-refractivity contribution in [1.29, 1.82) is 0 Å². The van der Waals surface area contributed by atoms with E-state index in [4.69, 9.17) is 0 Å². The number of para-hydroxylation sites is 4. The van der Waals surface area contributed by atoms with Crippen LogP contribution in [0.4, 0.5) is 0 Å². The predicted octanol–water partition coefficient (Wildman–Crippen LogP) is 11.2. The molecule has 0 fully saturated rings. The molecule has 4 heteroatoms. The van der Waals surface area contributed by atoms with Crippen molar-refractivity contribution in [3.8, 4) is 11.4 Å². The first-order chi connectivity index (χ1) is 23.7. The Morgan fingerprint density at radius 1 is 0.292 bits per heavy atom. The summed E-state index contributed by atoms with van der Waals surface area (Å²) in [5, 5.41) is 10.1. The van der Waals surface area contributed by atoms with Gasteiger partial charge in [-0.3, -0.25) is 0 Å². The van der Waals surface area contributed by atoms with Crippen molar-refractivity contribution in [2.45, 2.75) is 0 Å². The van der Waals surface area contributed by atoms with Crippen LogP contribution in [0.1, 0.15) is 0 Å². The molecule has 11 aromatic rings. The Hall–Kier alpha value is -6.26. The van der Waals surface area contributed by atoms with Crippen molar-refractivity contribution >= 4 is 87.2 Å². The number of aromatic nitrogens is 4. The first kappa shape index (κ1) is 25.9. The molecule has 4 nitrogen and oxygen atoms in total. The minimum Gasteiger partial charge on any atom is -0.344 e. The van der Waals surface area contributed by atoms with Crippen LogP contribution in [0.2, 0.25) is 0 Å². The summed E-state index contributed by atoms with van der Waals surface area (Å²) >= 11 is 0. The number of nitrogens with zero attached hydrogens (tertiary/aromatic N) is 4. The lowest BCUT2D eigenvalue weighted by Gasteiger charge is -2.13. The average Bonchev–Trinajstić information content (AvgIpc) is 3.84. The van der Waals surface area contributed by atoms with E-state index in [1.807, 2.05) is 0 Å². The number of hydrogen-bond acceptors (Lipinski definition) is 0. The standard InChI is InChI=1S/C44H30N4/c1-45-37-15-7-3-13-31(37)35-25-27(19-23-39(35)45)47-41-17-9-5-11-29(41)33-21-22-34-30-12-6-10-18-42(30)48(44(34)43(33)47)28-20-24-40-36(26-28)32-14-4-8-16-38(32)46(40)2/h3-26H,1-2H3. The molecule has 0 saturated heterocycles. The molecular weight excluding hydrogens is 585 g/mol. The molecule has 0 aliphatic carbocycles. The molecule has 0 radical (unpaired) electrons. The Morgan fingerprint density at radius 2 is 0.625 bits per heavy atom. The highest BCUT2D eigenvalue weighted by atomic mass is 15.0. The zero-order chi connectivity index (χ0) is 31.7. The SMILES string of the molecule is Cn1c2ccccc2c2cc(-n3c4ccccc4c4ccc5c6ccccc6n(-c6ccc7c(c6)c6ccccc6n7C)c5c43)ccc21. The topological polar surface area (TPSA) is 19.7 Å². The largest absolute Gasteiger partial charge is 0.344 e. The zero-order valence-corrected chi connectivity index (χ0v) is 26.6. The molecule has 0 aliphatic heterocycles. The monoisotopic (exact) mass is 614 g/mol. The first-order valence-electron chi connectivity index (χ1n) is 16.6. The summed E-state index contributed by atoms with van der Waals surface area (Å²) in [5.74, 6) is 0. The van der Waals surface area contributed by atoms with Crippen LogP contribution in [-0.2, 0) is 14.1 Å². The van der Waals surface area contributed by atoms with Gasteiger partial charge in [0.25, 0.3) is 0 Å². The van der Waals surface area contributed by atoms with E-state index in [1.54, 1.807) is 0 Å². The van der Waals surface area contributed by atoms with Crippen LogP contribution in [0.3, 0.4) is 0 Å². The van der Waals surface area contributed by atoms with Crippen molar-refractivity contribution in [3.63, 3.8) is 0 Å². The lowest BCUT2D eigenvalue weighted by atomic mass is 10.1. The maximum Gasteiger partial charge on any atom is 0.0788 e. The van der Waals surface area contributed by atoms with Gasteiger partial charge in [-0.25, -0.2) is 0 Å². The summed E-state index contributed by atoms with van der Waals surface area (Å²) in [7, 11) is 4.33. The second-order valence-electron chi connectivity index (χ2n) is 13.1. The Morgan fingerprint density at radius 3 is 1.04 bits per heavy atom. The van der Waals surface area contributed by atoms with Gasteiger partial charge in [0.2, 0.25) is 0 Å². The van der Waals surface area contributed by atoms with Gasteiger partial charge in [-0.05, 0) is 60.7 Å². The van der Waals surface area contributed by atoms with E-state index >= 15 is 0 Å². The summed E-state index contributed by atoms with van der Waals surface area (Å²) in [5.41, 5.74) is 12.2. The molecule has 48 heavy (non-hydrogen) atoms. The van der Waals surface area contributed by atoms with E-state index in [0.717, 1.165) is 0 Å². The molecule has 0 spiro atoms. The second-order valence-corrected chi connectivity index (χ2v) is 13.1. The fourth-order valence-electron chi connectivity index (χ4n) is 8.63. The van der Waals surface area contributed by atoms with Gasteiger partial charge in [0.15, 0.2) is 0 Å². The Balaban J connectivity index is 1.32. The van der Waals surface area contributed by atoms with Gasteiger partial charge >= 0.3 is 0 Å². The van der Waals surface area contributed by atoms with Gasteiger partial charge in [-0.15, -0.1) is 0 Å². The van der Waals surface area contributed by atoms with Crippen LogP contribution in [0, 0.1) is 0 Å². The van der Waals surface area contributed by atoms with Crippen LogP contribution in [0.25, 0.3) is 98.6 Å². The van der Waals surface area contributed by atoms with Crippen molar-refractivity contribution < 1.29 is 0 Å². The molecule has 4 heterocycles. The van der Waals surface area contributed by atoms with E-state index < -0.39 is 0 Å². The van der Waals surface area contributed by atoms with E-state index in [1.165, 1.54) is 98.6 Å². The zero-order valence-electron chi connectivity index (χ0n) is 26.6. The molecule has 0 saturated carbocycles. The molecule has 11 rings (SSSR count). The van der Waals surface area contributed by atoms with Crippen molar-refractivity contribution in [2.75, 3.05) is 0 Å². The molecule has 0 atom stereocenters. The maximum absolute atomic E-state index is 2.50. The van der Waals surface area contributed by atoms with Crippen LogP contribution in [-0.4, -0.2) is 18.3 Å². The van der Waals surface area contributed by atoms with Crippen LogP contribution in [0.5, 0.6) is 0 Å². The summed E-state index contributed by atoms with van der Waals surface area (Å²) in [6.07, 6.45) is 0. The average molecular weight is 615 g/mol. The molecule has 0 amide bonds. The van der Waals surface area contributed by atoms with E-state index in [0.29, 0.717) is 0 Å². The highest BCUT2D eigenvalue weighted by Gasteiger charge is 2.22. The molecule has 226 valence electrons. The van der Waals surface area contributed by atoms with Gasteiger partial charge in [0.1, 0.15) is 0 Å². The fraction of sp³-hybridized carbons (Fsp3) is 0.0455. The van der Waals surface area contributed by atoms with Crippen LogP contribution in [0.15, 0.2) is 146 Å². The number of rotatable bonds is 2. The third-order valence-corrected chi connectivity index (χ3v) is 10.8. The first-order valence-corrected chi connectivity index (χ1v) is 16.6. The van der Waals surface area contributed by atoms with Crippen molar-refractivity contribution in [2.24, 2.45) is 14.1 Å². The smallest absolute Gasteiger partial charge is 0.0788 e. The van der Waals surface area contributed by atoms with Crippen molar-refractivity contribution in [1.82, 2.24) is 18.3 Å². The van der Waals surface area contributed by atoms with Gasteiger partial charge < -0.3 is 18.3 Å². The van der Waals surface area contributed by atoms with Gasteiger partial charge in [0, 0.05) is 90.6 Å². The molecule has 4 aromatic heterocycles. The maximum atomic E-state index is 2.50. The lowest BCUT2D eigenvalue weighted by molar-refractivity contribution is 1.01. The van der Waals surface area contributed by atoms with Gasteiger partial charge in [0.05, 0.1) is 22.1 Å².